The van der Waals surface area contributed by atoms with E-state index in [2.05, 4.69) is 6.08 Å². The van der Waals surface area contributed by atoms with Crippen LogP contribution in [-0.4, -0.2) is 75.4 Å². The van der Waals surface area contributed by atoms with Gasteiger partial charge in [0.25, 0.3) is 0 Å². The number of carbonyl (C=O) groups excluding carboxylic acids is 1. The predicted molar refractivity (Wildman–Crippen MR) is 100 cm³/mol. The lowest BCUT2D eigenvalue weighted by Gasteiger charge is -2.45. The van der Waals surface area contributed by atoms with Crippen molar-refractivity contribution in [2.45, 2.75) is 76.0 Å². The first-order valence-corrected chi connectivity index (χ1v) is 9.95. The van der Waals surface area contributed by atoms with Gasteiger partial charge in [0.15, 0.2) is 6.29 Å². The molecule has 29 heavy (non-hydrogen) atoms. The topological polar surface area (TPSA) is 126 Å². The lowest BCUT2D eigenvalue weighted by Crippen LogP contribution is -2.61. The third-order valence-electron chi connectivity index (χ3n) is 6.70. The first-order valence-electron chi connectivity index (χ1n) is 9.95. The summed E-state index contributed by atoms with van der Waals surface area (Å²) in [5.74, 6) is -0.408. The summed E-state index contributed by atoms with van der Waals surface area (Å²) in [4.78, 5) is 12.1. The summed E-state index contributed by atoms with van der Waals surface area (Å²) in [6, 6.07) is 0. The molecule has 4 rings (SSSR count). The lowest BCUT2D eigenvalue weighted by molar-refractivity contribution is -0.331. The highest BCUT2D eigenvalue weighted by Gasteiger charge is 2.52. The molecule has 1 fully saturated rings. The monoisotopic (exact) mass is 408 g/mol. The van der Waals surface area contributed by atoms with Crippen LogP contribution in [0.1, 0.15) is 33.6 Å². The second kappa shape index (κ2) is 7.30. The van der Waals surface area contributed by atoms with Gasteiger partial charge in [-0.1, -0.05) is 17.7 Å². The van der Waals surface area contributed by atoms with E-state index in [1.165, 1.54) is 0 Å². The van der Waals surface area contributed by atoms with E-state index < -0.39 is 49.0 Å². The number of hydrogen-bond acceptors (Lipinski definition) is 8. The SMILES string of the molecule is CC1=CCC2C1=CC1=C(C)C(=O)OC1CC2(C)OC1OC(CO)C(O)C(O)C1O. The fourth-order valence-electron chi connectivity index (χ4n) is 4.84. The summed E-state index contributed by atoms with van der Waals surface area (Å²) in [7, 11) is 0. The van der Waals surface area contributed by atoms with Crippen LogP contribution in [0.2, 0.25) is 0 Å². The van der Waals surface area contributed by atoms with Crippen molar-refractivity contribution in [2.24, 2.45) is 5.92 Å². The van der Waals surface area contributed by atoms with Gasteiger partial charge in [-0.2, -0.15) is 0 Å². The molecule has 8 nitrogen and oxygen atoms in total. The van der Waals surface area contributed by atoms with E-state index in [0.717, 1.165) is 23.1 Å². The number of esters is 1. The van der Waals surface area contributed by atoms with Gasteiger partial charge in [0, 0.05) is 23.5 Å². The van der Waals surface area contributed by atoms with Gasteiger partial charge in [-0.05, 0) is 32.8 Å². The maximum absolute atomic E-state index is 12.1. The zero-order valence-corrected chi connectivity index (χ0v) is 16.7. The summed E-state index contributed by atoms with van der Waals surface area (Å²) >= 11 is 0. The number of ether oxygens (including phenoxy) is 3. The highest BCUT2D eigenvalue weighted by molar-refractivity contribution is 5.92. The minimum absolute atomic E-state index is 0.0560. The van der Waals surface area contributed by atoms with E-state index >= 15 is 0 Å². The second-order valence-corrected chi connectivity index (χ2v) is 8.58. The summed E-state index contributed by atoms with van der Waals surface area (Å²) in [6.07, 6.45) is -2.02. The Morgan fingerprint density at radius 1 is 1.21 bits per heavy atom. The molecule has 0 amide bonds. The summed E-state index contributed by atoms with van der Waals surface area (Å²) in [5.41, 5.74) is 2.68. The fraction of sp³-hybridized carbons (Fsp3) is 0.667. The first kappa shape index (κ1) is 20.7. The van der Waals surface area contributed by atoms with Crippen molar-refractivity contribution in [1.29, 1.82) is 0 Å². The number of allylic oxidation sites excluding steroid dienone is 2. The molecule has 2 aliphatic heterocycles. The van der Waals surface area contributed by atoms with Gasteiger partial charge in [0.1, 0.15) is 30.5 Å². The maximum atomic E-state index is 12.1. The highest BCUT2D eigenvalue weighted by atomic mass is 16.7. The van der Waals surface area contributed by atoms with Gasteiger partial charge < -0.3 is 34.6 Å². The molecule has 8 atom stereocenters. The molecule has 2 heterocycles. The van der Waals surface area contributed by atoms with Crippen molar-refractivity contribution >= 4 is 5.97 Å². The third-order valence-corrected chi connectivity index (χ3v) is 6.70. The van der Waals surface area contributed by atoms with Crippen LogP contribution in [-0.2, 0) is 19.0 Å². The van der Waals surface area contributed by atoms with Crippen molar-refractivity contribution in [2.75, 3.05) is 6.61 Å². The molecule has 8 heteroatoms. The van der Waals surface area contributed by atoms with Crippen LogP contribution in [0.4, 0.5) is 0 Å². The first-order chi connectivity index (χ1) is 13.7. The summed E-state index contributed by atoms with van der Waals surface area (Å²) in [5, 5.41) is 40.0. The Morgan fingerprint density at radius 2 is 1.93 bits per heavy atom. The van der Waals surface area contributed by atoms with Crippen LogP contribution >= 0.6 is 0 Å². The Kier molecular flexibility index (Phi) is 5.21. The molecule has 2 aliphatic carbocycles. The molecular formula is C21H28O8. The predicted octanol–water partition coefficient (Wildman–Crippen LogP) is 0.0998. The Morgan fingerprint density at radius 3 is 2.62 bits per heavy atom. The van der Waals surface area contributed by atoms with Crippen molar-refractivity contribution in [3.63, 3.8) is 0 Å². The van der Waals surface area contributed by atoms with Gasteiger partial charge in [-0.3, -0.25) is 0 Å². The van der Waals surface area contributed by atoms with E-state index in [1.807, 2.05) is 19.9 Å². The molecule has 0 aromatic carbocycles. The van der Waals surface area contributed by atoms with Crippen molar-refractivity contribution < 1.29 is 39.4 Å². The molecule has 1 saturated heterocycles. The van der Waals surface area contributed by atoms with E-state index in [0.29, 0.717) is 12.0 Å². The van der Waals surface area contributed by atoms with E-state index in [1.54, 1.807) is 6.92 Å². The van der Waals surface area contributed by atoms with Crippen LogP contribution in [0.15, 0.2) is 34.4 Å². The van der Waals surface area contributed by atoms with Crippen LogP contribution in [0, 0.1) is 5.92 Å². The Labute approximate surface area is 169 Å². The molecule has 8 unspecified atom stereocenters. The van der Waals surface area contributed by atoms with E-state index in [9.17, 15) is 25.2 Å². The molecule has 0 radical (unpaired) electrons. The Balaban J connectivity index is 1.67. The fourth-order valence-corrected chi connectivity index (χ4v) is 4.84. The largest absolute Gasteiger partial charge is 0.454 e. The minimum atomic E-state index is -1.51. The average molecular weight is 408 g/mol. The molecular weight excluding hydrogens is 380 g/mol. The number of aliphatic hydroxyl groups is 4. The number of carbonyl (C=O) groups is 1. The zero-order chi connectivity index (χ0) is 21.1. The molecule has 0 bridgehead atoms. The van der Waals surface area contributed by atoms with Crippen molar-refractivity contribution in [3.8, 4) is 0 Å². The van der Waals surface area contributed by atoms with Gasteiger partial charge in [-0.15, -0.1) is 0 Å². The van der Waals surface area contributed by atoms with Crippen molar-refractivity contribution in [3.05, 3.63) is 34.4 Å². The van der Waals surface area contributed by atoms with Gasteiger partial charge in [0.05, 0.1) is 12.2 Å². The molecule has 0 spiro atoms. The second-order valence-electron chi connectivity index (χ2n) is 8.58. The van der Waals surface area contributed by atoms with Gasteiger partial charge in [0.2, 0.25) is 0 Å². The molecule has 0 aromatic heterocycles. The van der Waals surface area contributed by atoms with E-state index in [-0.39, 0.29) is 11.9 Å². The average Bonchev–Trinajstić information content (AvgIpc) is 3.13. The van der Waals surface area contributed by atoms with E-state index in [4.69, 9.17) is 14.2 Å². The molecule has 160 valence electrons. The van der Waals surface area contributed by atoms with Crippen molar-refractivity contribution in [1.82, 2.24) is 0 Å². The van der Waals surface area contributed by atoms with Gasteiger partial charge in [-0.25, -0.2) is 4.79 Å². The normalized spacial score (nSPS) is 44.7. The number of rotatable bonds is 3. The summed E-state index contributed by atoms with van der Waals surface area (Å²) in [6.45, 7) is 5.11. The van der Waals surface area contributed by atoms with Crippen LogP contribution < -0.4 is 0 Å². The standard InChI is InChI=1S/C21H28O8/c1-9-4-5-13-11(9)6-12-10(2)19(26)27-14(12)7-21(13,3)29-20-18(25)17(24)16(23)15(8-22)28-20/h4,6,13-18,20,22-25H,5,7-8H2,1-3H3. The number of fused-ring (bicyclic) bond motifs is 2. The third kappa shape index (κ3) is 3.28. The summed E-state index contributed by atoms with van der Waals surface area (Å²) < 4.78 is 17.4. The minimum Gasteiger partial charge on any atom is -0.454 e. The Bertz CT molecular complexity index is 797. The molecule has 4 N–H and O–H groups in total. The maximum Gasteiger partial charge on any atom is 0.334 e. The molecule has 0 aromatic rings. The van der Waals surface area contributed by atoms with Gasteiger partial charge >= 0.3 is 5.97 Å². The lowest BCUT2D eigenvalue weighted by atomic mass is 9.81. The molecule has 0 saturated carbocycles. The van der Waals surface area contributed by atoms with Crippen LogP contribution in [0.25, 0.3) is 0 Å². The number of hydrogen-bond donors (Lipinski definition) is 4. The highest BCUT2D eigenvalue weighted by Crippen LogP contribution is 2.49. The smallest absolute Gasteiger partial charge is 0.334 e. The quantitative estimate of drug-likeness (QED) is 0.485. The Hall–Kier alpha value is -1.55. The van der Waals surface area contributed by atoms with Crippen LogP contribution in [0.5, 0.6) is 0 Å². The van der Waals surface area contributed by atoms with Crippen LogP contribution in [0.3, 0.4) is 0 Å². The molecule has 4 aliphatic rings. The zero-order valence-electron chi connectivity index (χ0n) is 16.7. The number of aliphatic hydroxyl groups excluding tert-OH is 4.